The van der Waals surface area contributed by atoms with Gasteiger partial charge in [0.25, 0.3) is 0 Å². The van der Waals surface area contributed by atoms with Crippen LogP contribution < -0.4 is 5.32 Å². The van der Waals surface area contributed by atoms with E-state index in [0.29, 0.717) is 18.6 Å². The fourth-order valence-electron chi connectivity index (χ4n) is 2.83. The molecule has 5 heteroatoms. The van der Waals surface area contributed by atoms with Crippen LogP contribution in [0, 0.1) is 5.92 Å². The van der Waals surface area contributed by atoms with E-state index < -0.39 is 0 Å². The molecule has 3 atom stereocenters. The van der Waals surface area contributed by atoms with E-state index in [1.807, 2.05) is 13.0 Å². The average Bonchev–Trinajstić information content (AvgIpc) is 2.47. The zero-order valence-electron chi connectivity index (χ0n) is 14.3. The Morgan fingerprint density at radius 2 is 1.95 bits per heavy atom. The number of amides is 1. The summed E-state index contributed by atoms with van der Waals surface area (Å²) in [5.74, 6) is -0.246. The fraction of sp³-hybridized carbons (Fsp3) is 0.765. The molecule has 0 bridgehead atoms. The molecule has 0 radical (unpaired) electrons. The van der Waals surface area contributed by atoms with Crippen LogP contribution in [-0.4, -0.2) is 36.7 Å². The largest absolute Gasteiger partial charge is 0.463 e. The van der Waals surface area contributed by atoms with Gasteiger partial charge in [0, 0.05) is 12.5 Å². The summed E-state index contributed by atoms with van der Waals surface area (Å²) in [7, 11) is 0. The fourth-order valence-corrected chi connectivity index (χ4v) is 2.83. The van der Waals surface area contributed by atoms with Crippen molar-refractivity contribution in [1.29, 1.82) is 0 Å². The van der Waals surface area contributed by atoms with Crippen molar-refractivity contribution in [2.24, 2.45) is 5.92 Å². The van der Waals surface area contributed by atoms with E-state index in [4.69, 9.17) is 9.47 Å². The minimum Gasteiger partial charge on any atom is -0.463 e. The van der Waals surface area contributed by atoms with E-state index in [0.717, 1.165) is 12.8 Å². The number of nitrogens with one attached hydrogen (secondary N) is 1. The van der Waals surface area contributed by atoms with Crippen LogP contribution in [-0.2, 0) is 19.1 Å². The van der Waals surface area contributed by atoms with Crippen LogP contribution in [0.5, 0.6) is 0 Å². The second-order valence-corrected chi connectivity index (χ2v) is 5.86. The molecule has 0 aromatic carbocycles. The van der Waals surface area contributed by atoms with Crippen LogP contribution in [0.3, 0.4) is 0 Å². The Balaban J connectivity index is 2.98. The van der Waals surface area contributed by atoms with Crippen molar-refractivity contribution in [3.05, 3.63) is 11.6 Å². The van der Waals surface area contributed by atoms with Crippen molar-refractivity contribution in [2.75, 3.05) is 6.61 Å². The quantitative estimate of drug-likeness (QED) is 0.734. The zero-order valence-corrected chi connectivity index (χ0v) is 14.3. The highest BCUT2D eigenvalue weighted by Crippen LogP contribution is 2.28. The van der Waals surface area contributed by atoms with Gasteiger partial charge in [0.15, 0.2) is 0 Å². The van der Waals surface area contributed by atoms with Crippen LogP contribution in [0.1, 0.15) is 53.9 Å². The monoisotopic (exact) mass is 311 g/mol. The Bertz CT molecular complexity index is 415. The number of ether oxygens (including phenoxy) is 2. The highest BCUT2D eigenvalue weighted by Gasteiger charge is 2.35. The lowest BCUT2D eigenvalue weighted by molar-refractivity contribution is -0.139. The standard InChI is InChI=1S/C17H29NO4/c1-6-14(7-2)22-15-10-13(17(20)21-8-3)9-11(4)16(15)18-12(5)19/h10-11,14-16H,6-9H2,1-5H3,(H,18,19)/t11?,15-,16-/m1/s1. The number of carbonyl (C=O) groups excluding carboxylic acids is 2. The van der Waals surface area contributed by atoms with Crippen molar-refractivity contribution >= 4 is 11.9 Å². The molecule has 0 spiro atoms. The van der Waals surface area contributed by atoms with Gasteiger partial charge in [-0.25, -0.2) is 4.79 Å². The predicted molar refractivity (Wildman–Crippen MR) is 85.3 cm³/mol. The third kappa shape index (κ3) is 5.13. The van der Waals surface area contributed by atoms with Gasteiger partial charge in [-0.15, -0.1) is 0 Å². The number of rotatable bonds is 7. The summed E-state index contributed by atoms with van der Waals surface area (Å²) in [5.41, 5.74) is 0.645. The van der Waals surface area contributed by atoms with Crippen LogP contribution in [0.2, 0.25) is 0 Å². The summed E-state index contributed by atoms with van der Waals surface area (Å²) in [4.78, 5) is 23.5. The minimum atomic E-state index is -0.294. The molecule has 1 aliphatic carbocycles. The van der Waals surface area contributed by atoms with Crippen molar-refractivity contribution in [1.82, 2.24) is 5.32 Å². The van der Waals surface area contributed by atoms with Gasteiger partial charge in [-0.3, -0.25) is 4.79 Å². The Hall–Kier alpha value is -1.36. The first kappa shape index (κ1) is 18.7. The van der Waals surface area contributed by atoms with Crippen LogP contribution in [0.4, 0.5) is 0 Å². The SMILES string of the molecule is CCOC(=O)C1=C[C@@H](OC(CC)CC)[C@H](NC(C)=O)C(C)C1. The Morgan fingerprint density at radius 3 is 2.45 bits per heavy atom. The Kier molecular flexibility index (Phi) is 7.59. The summed E-state index contributed by atoms with van der Waals surface area (Å²) >= 11 is 0. The summed E-state index contributed by atoms with van der Waals surface area (Å²) in [6.07, 6.45) is 4.04. The summed E-state index contributed by atoms with van der Waals surface area (Å²) < 4.78 is 11.2. The highest BCUT2D eigenvalue weighted by molar-refractivity contribution is 5.89. The molecule has 0 aromatic rings. The number of esters is 1. The van der Waals surface area contributed by atoms with Crippen molar-refractivity contribution in [3.8, 4) is 0 Å². The molecular formula is C17H29NO4. The van der Waals surface area contributed by atoms with Gasteiger partial charge in [0.2, 0.25) is 5.91 Å². The third-order valence-electron chi connectivity index (χ3n) is 4.04. The molecule has 1 unspecified atom stereocenters. The molecule has 1 aliphatic rings. The van der Waals surface area contributed by atoms with Gasteiger partial charge < -0.3 is 14.8 Å². The molecule has 1 N–H and O–H groups in total. The van der Waals surface area contributed by atoms with Gasteiger partial charge in [0.05, 0.1) is 24.9 Å². The second-order valence-electron chi connectivity index (χ2n) is 5.86. The smallest absolute Gasteiger partial charge is 0.333 e. The predicted octanol–water partition coefficient (Wildman–Crippen LogP) is 2.59. The van der Waals surface area contributed by atoms with Crippen LogP contribution >= 0.6 is 0 Å². The molecule has 5 nitrogen and oxygen atoms in total. The first-order chi connectivity index (χ1) is 10.4. The summed E-state index contributed by atoms with van der Waals surface area (Å²) in [6.45, 7) is 9.83. The van der Waals surface area contributed by atoms with Crippen molar-refractivity contribution in [3.63, 3.8) is 0 Å². The van der Waals surface area contributed by atoms with E-state index in [2.05, 4.69) is 19.2 Å². The van der Waals surface area contributed by atoms with E-state index >= 15 is 0 Å². The topological polar surface area (TPSA) is 64.6 Å². The molecule has 1 rings (SSSR count). The lowest BCUT2D eigenvalue weighted by Crippen LogP contribution is -2.50. The zero-order chi connectivity index (χ0) is 16.7. The lowest BCUT2D eigenvalue weighted by atomic mass is 9.83. The van der Waals surface area contributed by atoms with Gasteiger partial charge >= 0.3 is 5.97 Å². The average molecular weight is 311 g/mol. The molecule has 126 valence electrons. The van der Waals surface area contributed by atoms with E-state index in [-0.39, 0.29) is 36.0 Å². The highest BCUT2D eigenvalue weighted by atomic mass is 16.5. The minimum absolute atomic E-state index is 0.0806. The molecule has 0 heterocycles. The van der Waals surface area contributed by atoms with Crippen molar-refractivity contribution < 1.29 is 19.1 Å². The summed E-state index contributed by atoms with van der Waals surface area (Å²) in [5, 5.41) is 2.97. The first-order valence-corrected chi connectivity index (χ1v) is 8.23. The van der Waals surface area contributed by atoms with E-state index in [1.54, 1.807) is 6.92 Å². The molecule has 0 aliphatic heterocycles. The molecule has 0 aromatic heterocycles. The summed E-state index contributed by atoms with van der Waals surface area (Å²) in [6, 6.07) is -0.115. The van der Waals surface area contributed by atoms with Crippen LogP contribution in [0.15, 0.2) is 11.6 Å². The van der Waals surface area contributed by atoms with Gasteiger partial charge in [0.1, 0.15) is 0 Å². The van der Waals surface area contributed by atoms with Gasteiger partial charge in [-0.2, -0.15) is 0 Å². The maximum absolute atomic E-state index is 12.0. The van der Waals surface area contributed by atoms with Gasteiger partial charge in [-0.05, 0) is 38.2 Å². The number of hydrogen-bond donors (Lipinski definition) is 1. The molecule has 22 heavy (non-hydrogen) atoms. The lowest BCUT2D eigenvalue weighted by Gasteiger charge is -2.36. The maximum atomic E-state index is 12.0. The Morgan fingerprint density at radius 1 is 1.32 bits per heavy atom. The Labute approximate surface area is 133 Å². The molecule has 0 saturated heterocycles. The van der Waals surface area contributed by atoms with Crippen molar-refractivity contribution in [2.45, 2.75) is 72.1 Å². The number of carbonyl (C=O) groups is 2. The van der Waals surface area contributed by atoms with Crippen LogP contribution in [0.25, 0.3) is 0 Å². The molecule has 0 fully saturated rings. The second kappa shape index (κ2) is 8.93. The normalized spacial score (nSPS) is 24.8. The van der Waals surface area contributed by atoms with Gasteiger partial charge in [-0.1, -0.05) is 20.8 Å². The number of hydrogen-bond acceptors (Lipinski definition) is 4. The molecule has 0 saturated carbocycles. The molecule has 1 amide bonds. The van der Waals surface area contributed by atoms with E-state index in [9.17, 15) is 9.59 Å². The third-order valence-corrected chi connectivity index (χ3v) is 4.04. The van der Waals surface area contributed by atoms with E-state index in [1.165, 1.54) is 6.92 Å². The molecular weight excluding hydrogens is 282 g/mol. The first-order valence-electron chi connectivity index (χ1n) is 8.23. The maximum Gasteiger partial charge on any atom is 0.333 e.